The van der Waals surface area contributed by atoms with Crippen molar-refractivity contribution in [1.82, 2.24) is 10.3 Å². The monoisotopic (exact) mass is 429 g/mol. The molecule has 1 saturated heterocycles. The molecule has 0 radical (unpaired) electrons. The largest absolute Gasteiger partial charge is 0.478 e. The summed E-state index contributed by atoms with van der Waals surface area (Å²) in [5.74, 6) is -1.12. The number of carbonyl (C=O) groups is 2. The van der Waals surface area contributed by atoms with Crippen molar-refractivity contribution in [3.8, 4) is 0 Å². The van der Waals surface area contributed by atoms with Crippen molar-refractivity contribution in [2.24, 2.45) is 0 Å². The van der Waals surface area contributed by atoms with Gasteiger partial charge in [0.25, 0.3) is 0 Å². The molecule has 2 heterocycles. The highest BCUT2D eigenvalue weighted by atomic mass is 16.4. The SMILES string of the molecule is O=C(Cc1ccc(C(=O)O)cc1)NC(c1ccccc1)c1ncccc1N1CCCCC1. The first kappa shape index (κ1) is 21.6. The van der Waals surface area contributed by atoms with Gasteiger partial charge in [0.1, 0.15) is 0 Å². The number of hydrogen-bond donors (Lipinski definition) is 2. The highest BCUT2D eigenvalue weighted by molar-refractivity contribution is 5.88. The summed E-state index contributed by atoms with van der Waals surface area (Å²) >= 11 is 0. The Labute approximate surface area is 187 Å². The van der Waals surface area contributed by atoms with Crippen molar-refractivity contribution in [2.45, 2.75) is 31.7 Å². The fraction of sp³-hybridized carbons (Fsp3) is 0.269. The van der Waals surface area contributed by atoms with Crippen LogP contribution in [0.4, 0.5) is 5.69 Å². The van der Waals surface area contributed by atoms with Gasteiger partial charge in [-0.3, -0.25) is 9.78 Å². The van der Waals surface area contributed by atoms with E-state index in [0.29, 0.717) is 0 Å². The Morgan fingerprint density at radius 3 is 2.34 bits per heavy atom. The maximum Gasteiger partial charge on any atom is 0.335 e. The molecule has 1 fully saturated rings. The number of pyridine rings is 1. The van der Waals surface area contributed by atoms with Gasteiger partial charge in [0.05, 0.1) is 29.4 Å². The molecule has 0 bridgehead atoms. The molecule has 0 aliphatic carbocycles. The van der Waals surface area contributed by atoms with Crippen molar-refractivity contribution >= 4 is 17.6 Å². The summed E-state index contributed by atoms with van der Waals surface area (Å²) < 4.78 is 0. The van der Waals surface area contributed by atoms with Gasteiger partial charge >= 0.3 is 5.97 Å². The number of benzene rings is 2. The second-order valence-corrected chi connectivity index (χ2v) is 8.05. The van der Waals surface area contributed by atoms with Crippen molar-refractivity contribution in [3.63, 3.8) is 0 Å². The summed E-state index contributed by atoms with van der Waals surface area (Å²) in [4.78, 5) is 31.1. The molecule has 32 heavy (non-hydrogen) atoms. The molecule has 1 atom stereocenters. The maximum absolute atomic E-state index is 13.0. The Morgan fingerprint density at radius 1 is 0.938 bits per heavy atom. The lowest BCUT2D eigenvalue weighted by Crippen LogP contribution is -2.35. The topological polar surface area (TPSA) is 82.5 Å². The van der Waals surface area contributed by atoms with Gasteiger partial charge in [-0.2, -0.15) is 0 Å². The molecule has 1 aromatic heterocycles. The van der Waals surface area contributed by atoms with E-state index in [0.717, 1.165) is 48.4 Å². The van der Waals surface area contributed by atoms with Gasteiger partial charge in [-0.25, -0.2) is 4.79 Å². The first-order chi connectivity index (χ1) is 15.6. The van der Waals surface area contributed by atoms with Gasteiger partial charge in [0.15, 0.2) is 0 Å². The minimum Gasteiger partial charge on any atom is -0.478 e. The maximum atomic E-state index is 13.0. The summed E-state index contributed by atoms with van der Waals surface area (Å²) in [6.07, 6.45) is 5.49. The molecular weight excluding hydrogens is 402 g/mol. The minimum atomic E-state index is -0.981. The van der Waals surface area contributed by atoms with Crippen molar-refractivity contribution in [2.75, 3.05) is 18.0 Å². The predicted octanol–water partition coefficient (Wildman–Crippen LogP) is 4.22. The van der Waals surface area contributed by atoms with E-state index in [1.807, 2.05) is 36.4 Å². The average molecular weight is 430 g/mol. The van der Waals surface area contributed by atoms with E-state index < -0.39 is 5.97 Å². The number of carboxylic acids is 1. The number of hydrogen-bond acceptors (Lipinski definition) is 4. The lowest BCUT2D eigenvalue weighted by molar-refractivity contribution is -0.121. The van der Waals surface area contributed by atoms with Gasteiger partial charge in [-0.05, 0) is 54.7 Å². The highest BCUT2D eigenvalue weighted by Gasteiger charge is 2.24. The molecule has 0 saturated carbocycles. The summed E-state index contributed by atoms with van der Waals surface area (Å²) in [6.45, 7) is 1.98. The number of rotatable bonds is 7. The van der Waals surface area contributed by atoms with Gasteiger partial charge in [0, 0.05) is 19.3 Å². The third-order valence-electron chi connectivity index (χ3n) is 5.79. The van der Waals surface area contributed by atoms with Crippen LogP contribution in [0, 0.1) is 0 Å². The van der Waals surface area contributed by atoms with E-state index in [1.54, 1.807) is 18.3 Å². The van der Waals surface area contributed by atoms with Crippen LogP contribution in [0.15, 0.2) is 72.9 Å². The van der Waals surface area contributed by atoms with E-state index in [9.17, 15) is 9.59 Å². The summed E-state index contributed by atoms with van der Waals surface area (Å²) in [5.41, 5.74) is 3.84. The average Bonchev–Trinajstić information content (AvgIpc) is 2.84. The molecule has 1 amide bonds. The highest BCUT2D eigenvalue weighted by Crippen LogP contribution is 2.31. The van der Waals surface area contributed by atoms with Crippen LogP contribution >= 0.6 is 0 Å². The summed E-state index contributed by atoms with van der Waals surface area (Å²) in [6, 6.07) is 19.9. The smallest absolute Gasteiger partial charge is 0.335 e. The van der Waals surface area contributed by atoms with Crippen molar-refractivity contribution in [3.05, 3.63) is 95.3 Å². The van der Waals surface area contributed by atoms with Gasteiger partial charge < -0.3 is 15.3 Å². The second-order valence-electron chi connectivity index (χ2n) is 8.05. The molecule has 4 rings (SSSR count). The lowest BCUT2D eigenvalue weighted by Gasteiger charge is -2.32. The molecule has 164 valence electrons. The van der Waals surface area contributed by atoms with Crippen molar-refractivity contribution < 1.29 is 14.7 Å². The van der Waals surface area contributed by atoms with Crippen LogP contribution in [0.3, 0.4) is 0 Å². The van der Waals surface area contributed by atoms with E-state index in [4.69, 9.17) is 10.1 Å². The van der Waals surface area contributed by atoms with E-state index >= 15 is 0 Å². The molecule has 0 spiro atoms. The van der Waals surface area contributed by atoms with Crippen LogP contribution < -0.4 is 10.2 Å². The number of anilines is 1. The number of nitrogens with zero attached hydrogens (tertiary/aromatic N) is 2. The zero-order valence-corrected chi connectivity index (χ0v) is 17.9. The molecular formula is C26H27N3O3. The van der Waals surface area contributed by atoms with Crippen LogP contribution in [-0.4, -0.2) is 35.1 Å². The number of aromatic nitrogens is 1. The molecule has 2 aromatic carbocycles. The second kappa shape index (κ2) is 10.1. The third kappa shape index (κ3) is 5.14. The van der Waals surface area contributed by atoms with Gasteiger partial charge in [-0.15, -0.1) is 0 Å². The Bertz CT molecular complexity index is 1060. The van der Waals surface area contributed by atoms with Crippen LogP contribution in [0.2, 0.25) is 0 Å². The van der Waals surface area contributed by atoms with Crippen LogP contribution in [0.25, 0.3) is 0 Å². The third-order valence-corrected chi connectivity index (χ3v) is 5.79. The van der Waals surface area contributed by atoms with E-state index in [1.165, 1.54) is 18.6 Å². The Kier molecular flexibility index (Phi) is 6.80. The Balaban J connectivity index is 1.60. The van der Waals surface area contributed by atoms with Gasteiger partial charge in [-0.1, -0.05) is 42.5 Å². The number of carboxylic acid groups (broad SMARTS) is 1. The van der Waals surface area contributed by atoms with Crippen LogP contribution in [0.1, 0.15) is 52.5 Å². The molecule has 6 heteroatoms. The predicted molar refractivity (Wildman–Crippen MR) is 124 cm³/mol. The molecule has 1 aliphatic rings. The van der Waals surface area contributed by atoms with Gasteiger partial charge in [0.2, 0.25) is 5.91 Å². The minimum absolute atomic E-state index is 0.142. The van der Waals surface area contributed by atoms with Crippen LogP contribution in [0.5, 0.6) is 0 Å². The quantitative estimate of drug-likeness (QED) is 0.588. The number of nitrogens with one attached hydrogen (secondary N) is 1. The number of amides is 1. The van der Waals surface area contributed by atoms with Crippen LogP contribution in [-0.2, 0) is 11.2 Å². The first-order valence-electron chi connectivity index (χ1n) is 11.0. The Hall–Kier alpha value is -3.67. The molecule has 6 nitrogen and oxygen atoms in total. The molecule has 3 aromatic rings. The zero-order valence-electron chi connectivity index (χ0n) is 17.9. The number of piperidine rings is 1. The van der Waals surface area contributed by atoms with E-state index in [-0.39, 0.29) is 23.9 Å². The molecule has 1 aliphatic heterocycles. The normalized spacial score (nSPS) is 14.6. The summed E-state index contributed by atoms with van der Waals surface area (Å²) in [5, 5.41) is 12.2. The standard InChI is InChI=1S/C26H27N3O3/c30-23(18-19-11-13-21(14-12-19)26(31)32)28-24(20-8-3-1-4-9-20)25-22(10-7-15-27-25)29-16-5-2-6-17-29/h1,3-4,7-15,24H,2,5-6,16-18H2,(H,28,30)(H,31,32). The molecule has 2 N–H and O–H groups in total. The number of aromatic carboxylic acids is 1. The fourth-order valence-electron chi connectivity index (χ4n) is 4.15. The fourth-order valence-corrected chi connectivity index (χ4v) is 4.15. The molecule has 1 unspecified atom stereocenters. The van der Waals surface area contributed by atoms with Crippen molar-refractivity contribution in [1.29, 1.82) is 0 Å². The summed E-state index contributed by atoms with van der Waals surface area (Å²) in [7, 11) is 0. The first-order valence-corrected chi connectivity index (χ1v) is 11.0. The number of carbonyl (C=O) groups excluding carboxylic acids is 1. The van der Waals surface area contributed by atoms with E-state index in [2.05, 4.69) is 16.3 Å². The zero-order chi connectivity index (χ0) is 22.3. The Morgan fingerprint density at radius 2 is 1.66 bits per heavy atom. The lowest BCUT2D eigenvalue weighted by atomic mass is 9.99.